The van der Waals surface area contributed by atoms with Gasteiger partial charge in [0.25, 0.3) is 5.91 Å². The molecule has 3 aromatic rings. The van der Waals surface area contributed by atoms with Gasteiger partial charge in [0.05, 0.1) is 6.54 Å². The van der Waals surface area contributed by atoms with Gasteiger partial charge in [0.2, 0.25) is 11.7 Å². The van der Waals surface area contributed by atoms with Crippen molar-refractivity contribution in [3.8, 4) is 17.1 Å². The molecular formula is C21H23N3O3. The number of carbonyl (C=O) groups is 1. The normalized spacial score (nSPS) is 11.9. The first-order valence-electron chi connectivity index (χ1n) is 8.80. The number of nitrogens with zero attached hydrogens (tertiary/aromatic N) is 3. The number of carbonyl (C=O) groups excluding carboxylic acids is 1. The summed E-state index contributed by atoms with van der Waals surface area (Å²) in [5.74, 6) is 1.39. The van der Waals surface area contributed by atoms with Crippen LogP contribution in [0.3, 0.4) is 0 Å². The molecule has 0 bridgehead atoms. The SMILES string of the molecule is Cc1ccc(O[C@H](C)C(=O)N(C)Cc2nc(-c3cccc(C)c3)no2)cc1. The smallest absolute Gasteiger partial charge is 0.263 e. The lowest BCUT2D eigenvalue weighted by Gasteiger charge is -2.20. The Labute approximate surface area is 158 Å². The van der Waals surface area contributed by atoms with Gasteiger partial charge in [-0.05, 0) is 39.0 Å². The highest BCUT2D eigenvalue weighted by Crippen LogP contribution is 2.18. The Morgan fingerprint density at radius 3 is 2.59 bits per heavy atom. The first-order chi connectivity index (χ1) is 12.9. The second-order valence-electron chi connectivity index (χ2n) is 6.65. The van der Waals surface area contributed by atoms with E-state index in [4.69, 9.17) is 9.26 Å². The van der Waals surface area contributed by atoms with Crippen LogP contribution in [0.2, 0.25) is 0 Å². The predicted molar refractivity (Wildman–Crippen MR) is 102 cm³/mol. The molecule has 1 atom stereocenters. The minimum absolute atomic E-state index is 0.161. The topological polar surface area (TPSA) is 68.5 Å². The average molecular weight is 365 g/mol. The lowest BCUT2D eigenvalue weighted by atomic mass is 10.1. The third-order valence-corrected chi connectivity index (χ3v) is 4.17. The number of likely N-dealkylation sites (N-methyl/N-ethyl adjacent to an activating group) is 1. The number of aromatic nitrogens is 2. The first kappa shape index (κ1) is 18.6. The van der Waals surface area contributed by atoms with Crippen molar-refractivity contribution in [1.82, 2.24) is 15.0 Å². The largest absolute Gasteiger partial charge is 0.481 e. The van der Waals surface area contributed by atoms with Gasteiger partial charge in [-0.15, -0.1) is 0 Å². The zero-order valence-electron chi connectivity index (χ0n) is 16.0. The van der Waals surface area contributed by atoms with Crippen LogP contribution in [0.1, 0.15) is 23.9 Å². The molecular weight excluding hydrogens is 342 g/mol. The molecule has 0 aliphatic rings. The average Bonchev–Trinajstić information content (AvgIpc) is 3.11. The molecule has 0 aliphatic heterocycles. The Morgan fingerprint density at radius 1 is 1.15 bits per heavy atom. The van der Waals surface area contributed by atoms with Gasteiger partial charge in [-0.3, -0.25) is 4.79 Å². The maximum absolute atomic E-state index is 12.6. The van der Waals surface area contributed by atoms with E-state index in [1.807, 2.05) is 62.4 Å². The highest BCUT2D eigenvalue weighted by Gasteiger charge is 2.21. The van der Waals surface area contributed by atoms with Gasteiger partial charge in [0.15, 0.2) is 6.10 Å². The van der Waals surface area contributed by atoms with Gasteiger partial charge in [-0.1, -0.05) is 46.6 Å². The van der Waals surface area contributed by atoms with Crippen LogP contribution in [0.5, 0.6) is 5.75 Å². The van der Waals surface area contributed by atoms with E-state index in [0.717, 1.165) is 16.7 Å². The molecule has 6 nitrogen and oxygen atoms in total. The van der Waals surface area contributed by atoms with Crippen LogP contribution >= 0.6 is 0 Å². The van der Waals surface area contributed by atoms with E-state index in [-0.39, 0.29) is 12.5 Å². The first-order valence-corrected chi connectivity index (χ1v) is 8.80. The zero-order valence-corrected chi connectivity index (χ0v) is 16.0. The Bertz CT molecular complexity index is 918. The Morgan fingerprint density at radius 2 is 1.89 bits per heavy atom. The molecule has 0 saturated carbocycles. The maximum Gasteiger partial charge on any atom is 0.263 e. The van der Waals surface area contributed by atoms with E-state index >= 15 is 0 Å². The highest BCUT2D eigenvalue weighted by molar-refractivity contribution is 5.80. The summed E-state index contributed by atoms with van der Waals surface area (Å²) in [5, 5.41) is 4.01. The van der Waals surface area contributed by atoms with Crippen molar-refractivity contribution in [3.05, 3.63) is 65.5 Å². The molecule has 1 amide bonds. The second-order valence-corrected chi connectivity index (χ2v) is 6.65. The van der Waals surface area contributed by atoms with Crippen molar-refractivity contribution < 1.29 is 14.1 Å². The number of hydrogen-bond acceptors (Lipinski definition) is 5. The zero-order chi connectivity index (χ0) is 19.4. The van der Waals surface area contributed by atoms with Crippen LogP contribution in [-0.2, 0) is 11.3 Å². The summed E-state index contributed by atoms with van der Waals surface area (Å²) in [7, 11) is 1.69. The monoisotopic (exact) mass is 365 g/mol. The predicted octanol–water partition coefficient (Wildman–Crippen LogP) is 3.78. The van der Waals surface area contributed by atoms with Gasteiger partial charge >= 0.3 is 0 Å². The molecule has 6 heteroatoms. The molecule has 140 valence electrons. The van der Waals surface area contributed by atoms with E-state index in [1.165, 1.54) is 4.90 Å². The molecule has 0 spiro atoms. The molecule has 27 heavy (non-hydrogen) atoms. The molecule has 0 N–H and O–H groups in total. The van der Waals surface area contributed by atoms with Gasteiger partial charge in [-0.25, -0.2) is 0 Å². The number of amides is 1. The minimum atomic E-state index is -0.614. The summed E-state index contributed by atoms with van der Waals surface area (Å²) < 4.78 is 11.0. The molecule has 3 rings (SSSR count). The van der Waals surface area contributed by atoms with Crippen LogP contribution in [0.4, 0.5) is 0 Å². The molecule has 0 unspecified atom stereocenters. The van der Waals surface area contributed by atoms with Crippen LogP contribution in [0.15, 0.2) is 53.1 Å². The van der Waals surface area contributed by atoms with Gasteiger partial charge in [0.1, 0.15) is 5.75 Å². The molecule has 1 heterocycles. The fourth-order valence-electron chi connectivity index (χ4n) is 2.68. The van der Waals surface area contributed by atoms with E-state index in [0.29, 0.717) is 17.5 Å². The molecule has 0 fully saturated rings. The van der Waals surface area contributed by atoms with Crippen LogP contribution < -0.4 is 4.74 Å². The van der Waals surface area contributed by atoms with Crippen molar-refractivity contribution >= 4 is 5.91 Å². The van der Waals surface area contributed by atoms with Crippen molar-refractivity contribution in [2.45, 2.75) is 33.4 Å². The molecule has 2 aromatic carbocycles. The summed E-state index contributed by atoms with van der Waals surface area (Å²) in [4.78, 5) is 18.5. The van der Waals surface area contributed by atoms with E-state index in [1.54, 1.807) is 14.0 Å². The Balaban J connectivity index is 1.61. The van der Waals surface area contributed by atoms with Crippen LogP contribution in [-0.4, -0.2) is 34.1 Å². The van der Waals surface area contributed by atoms with E-state index in [2.05, 4.69) is 10.1 Å². The van der Waals surface area contributed by atoms with Crippen molar-refractivity contribution in [1.29, 1.82) is 0 Å². The number of hydrogen-bond donors (Lipinski definition) is 0. The van der Waals surface area contributed by atoms with Gasteiger partial charge in [-0.2, -0.15) is 4.98 Å². The fourth-order valence-corrected chi connectivity index (χ4v) is 2.68. The van der Waals surface area contributed by atoms with E-state index in [9.17, 15) is 4.79 Å². The summed E-state index contributed by atoms with van der Waals surface area (Å²) in [6.07, 6.45) is -0.614. The summed E-state index contributed by atoms with van der Waals surface area (Å²) in [6.45, 7) is 5.96. The van der Waals surface area contributed by atoms with Crippen LogP contribution in [0, 0.1) is 13.8 Å². The summed E-state index contributed by atoms with van der Waals surface area (Å²) >= 11 is 0. The maximum atomic E-state index is 12.6. The highest BCUT2D eigenvalue weighted by atomic mass is 16.5. The molecule has 0 aliphatic carbocycles. The molecule has 0 radical (unpaired) electrons. The lowest BCUT2D eigenvalue weighted by molar-refractivity contribution is -0.137. The van der Waals surface area contributed by atoms with Crippen molar-refractivity contribution in [3.63, 3.8) is 0 Å². The third kappa shape index (κ3) is 4.73. The van der Waals surface area contributed by atoms with Crippen molar-refractivity contribution in [2.24, 2.45) is 0 Å². The lowest BCUT2D eigenvalue weighted by Crippen LogP contribution is -2.37. The van der Waals surface area contributed by atoms with Gasteiger partial charge in [0, 0.05) is 12.6 Å². The van der Waals surface area contributed by atoms with E-state index < -0.39 is 6.10 Å². The second kappa shape index (κ2) is 8.03. The summed E-state index contributed by atoms with van der Waals surface area (Å²) in [6, 6.07) is 15.5. The number of ether oxygens (including phenoxy) is 1. The summed E-state index contributed by atoms with van der Waals surface area (Å²) in [5.41, 5.74) is 3.14. The molecule has 1 aromatic heterocycles. The fraction of sp³-hybridized carbons (Fsp3) is 0.286. The minimum Gasteiger partial charge on any atom is -0.481 e. The quantitative estimate of drug-likeness (QED) is 0.665. The third-order valence-electron chi connectivity index (χ3n) is 4.17. The Hall–Kier alpha value is -3.15. The van der Waals surface area contributed by atoms with Crippen LogP contribution in [0.25, 0.3) is 11.4 Å². The molecule has 0 saturated heterocycles. The van der Waals surface area contributed by atoms with Gasteiger partial charge < -0.3 is 14.2 Å². The van der Waals surface area contributed by atoms with Crippen molar-refractivity contribution in [2.75, 3.05) is 7.05 Å². The number of aryl methyl sites for hydroxylation is 2. The number of rotatable bonds is 6. The number of benzene rings is 2. The standard InChI is InChI=1S/C21H23N3O3/c1-14-8-10-18(11-9-14)26-16(3)21(25)24(4)13-19-22-20(23-27-19)17-7-5-6-15(2)12-17/h5-12,16H,13H2,1-4H3/t16-/m1/s1. The Kier molecular flexibility index (Phi) is 5.54.